The Morgan fingerprint density at radius 3 is 2.57 bits per heavy atom. The maximum atomic E-state index is 13.7. The quantitative estimate of drug-likeness (QED) is 0.278. The highest BCUT2D eigenvalue weighted by Crippen LogP contribution is 2.35. The van der Waals surface area contributed by atoms with Gasteiger partial charge in [-0.3, -0.25) is 0 Å². The molecule has 0 spiro atoms. The molecule has 0 bridgehead atoms. The third-order valence-corrected chi connectivity index (χ3v) is 5.89. The van der Waals surface area contributed by atoms with Crippen LogP contribution in [-0.4, -0.2) is 17.2 Å². The number of alkyl halides is 3. The predicted molar refractivity (Wildman–Crippen MR) is 139 cm³/mol. The minimum atomic E-state index is -4.44. The molecular formula is C29H39F3N2O. The van der Waals surface area contributed by atoms with Crippen LogP contribution >= 0.6 is 0 Å². The summed E-state index contributed by atoms with van der Waals surface area (Å²) in [6.45, 7) is 13.5. The van der Waals surface area contributed by atoms with Crippen molar-refractivity contribution in [2.45, 2.75) is 92.3 Å². The van der Waals surface area contributed by atoms with Crippen LogP contribution in [-0.2, 0) is 4.74 Å². The molecule has 0 amide bonds. The molecule has 192 valence electrons. The van der Waals surface area contributed by atoms with Crippen molar-refractivity contribution in [2.24, 2.45) is 0 Å². The molecule has 1 aliphatic rings. The number of aromatic nitrogens is 1. The summed E-state index contributed by atoms with van der Waals surface area (Å²) in [5.41, 5.74) is 2.74. The van der Waals surface area contributed by atoms with E-state index in [1.54, 1.807) is 32.2 Å². The Morgan fingerprint density at radius 2 is 2.00 bits per heavy atom. The molecule has 0 saturated heterocycles. The summed E-state index contributed by atoms with van der Waals surface area (Å²) in [6, 6.07) is 3.87. The number of hydrogen-bond acceptors (Lipinski definition) is 3. The van der Waals surface area contributed by atoms with Gasteiger partial charge in [-0.05, 0) is 88.1 Å². The van der Waals surface area contributed by atoms with Crippen molar-refractivity contribution in [3.05, 3.63) is 82.0 Å². The molecule has 1 atom stereocenters. The molecule has 1 aromatic rings. The SMILES string of the molecule is C\C=C/C(=C\C(=C\CC)C(F)(F)F)C(OC1=C(C)CCCC1Nc1ncccc1C(C)C)=C(C)C. The summed E-state index contributed by atoms with van der Waals surface area (Å²) in [5, 5.41) is 3.57. The Balaban J connectivity index is 2.50. The molecular weight excluding hydrogens is 449 g/mol. The lowest BCUT2D eigenvalue weighted by molar-refractivity contribution is -0.0884. The van der Waals surface area contributed by atoms with Crippen LogP contribution in [0.3, 0.4) is 0 Å². The lowest BCUT2D eigenvalue weighted by Gasteiger charge is -2.30. The number of nitrogens with zero attached hydrogens (tertiary/aromatic N) is 1. The Morgan fingerprint density at radius 1 is 1.29 bits per heavy atom. The van der Waals surface area contributed by atoms with E-state index in [0.717, 1.165) is 47.5 Å². The number of nitrogens with one attached hydrogen (secondary N) is 1. The maximum Gasteiger partial charge on any atom is 0.416 e. The van der Waals surface area contributed by atoms with Crippen molar-refractivity contribution in [2.75, 3.05) is 5.32 Å². The molecule has 0 aliphatic heterocycles. The van der Waals surface area contributed by atoms with Gasteiger partial charge in [0.25, 0.3) is 0 Å². The second-order valence-electron chi connectivity index (χ2n) is 9.43. The molecule has 3 nitrogen and oxygen atoms in total. The number of rotatable bonds is 9. The molecule has 6 heteroatoms. The Bertz CT molecular complexity index is 1020. The number of halogens is 3. The first-order valence-corrected chi connectivity index (χ1v) is 12.4. The van der Waals surface area contributed by atoms with Crippen molar-refractivity contribution in [1.82, 2.24) is 4.98 Å². The molecule has 0 radical (unpaired) electrons. The lowest BCUT2D eigenvalue weighted by atomic mass is 9.93. The van der Waals surface area contributed by atoms with Gasteiger partial charge in [0.2, 0.25) is 0 Å². The Hall–Kier alpha value is -2.76. The molecule has 0 fully saturated rings. The first-order chi connectivity index (χ1) is 16.5. The normalized spacial score (nSPS) is 17.9. The van der Waals surface area contributed by atoms with Gasteiger partial charge in [-0.15, -0.1) is 0 Å². The second kappa shape index (κ2) is 12.8. The smallest absolute Gasteiger partial charge is 0.416 e. The van der Waals surface area contributed by atoms with E-state index < -0.39 is 11.7 Å². The van der Waals surface area contributed by atoms with Gasteiger partial charge in [0.05, 0.1) is 11.6 Å². The zero-order valence-electron chi connectivity index (χ0n) is 22.0. The summed E-state index contributed by atoms with van der Waals surface area (Å²) >= 11 is 0. The summed E-state index contributed by atoms with van der Waals surface area (Å²) in [7, 11) is 0. The van der Waals surface area contributed by atoms with Crippen molar-refractivity contribution in [3.63, 3.8) is 0 Å². The van der Waals surface area contributed by atoms with Gasteiger partial charge in [0, 0.05) is 11.8 Å². The largest absolute Gasteiger partial charge is 0.459 e. The molecule has 2 rings (SSSR count). The fraction of sp³-hybridized carbons (Fsp3) is 0.483. The van der Waals surface area contributed by atoms with E-state index in [1.807, 2.05) is 26.8 Å². The zero-order valence-corrected chi connectivity index (χ0v) is 22.0. The van der Waals surface area contributed by atoms with Gasteiger partial charge in [-0.1, -0.05) is 45.1 Å². The average molecular weight is 489 g/mol. The van der Waals surface area contributed by atoms with Crippen LogP contribution < -0.4 is 5.32 Å². The Kier molecular flexibility index (Phi) is 10.4. The van der Waals surface area contributed by atoms with Gasteiger partial charge in [0.15, 0.2) is 0 Å². The average Bonchev–Trinajstić information content (AvgIpc) is 2.77. The van der Waals surface area contributed by atoms with Crippen LogP contribution in [0.1, 0.15) is 85.6 Å². The highest BCUT2D eigenvalue weighted by atomic mass is 19.4. The summed E-state index contributed by atoms with van der Waals surface area (Å²) in [5.74, 6) is 2.32. The monoisotopic (exact) mass is 488 g/mol. The molecule has 1 N–H and O–H groups in total. The van der Waals surface area contributed by atoms with E-state index in [9.17, 15) is 13.2 Å². The summed E-state index contributed by atoms with van der Waals surface area (Å²) < 4.78 is 47.6. The van der Waals surface area contributed by atoms with E-state index >= 15 is 0 Å². The van der Waals surface area contributed by atoms with E-state index in [-0.39, 0.29) is 12.5 Å². The fourth-order valence-electron chi connectivity index (χ4n) is 4.16. The van der Waals surface area contributed by atoms with E-state index in [2.05, 4.69) is 30.2 Å². The molecule has 0 saturated carbocycles. The van der Waals surface area contributed by atoms with Crippen LogP contribution in [0.2, 0.25) is 0 Å². The molecule has 1 heterocycles. The third-order valence-electron chi connectivity index (χ3n) is 5.89. The van der Waals surface area contributed by atoms with Gasteiger partial charge in [0.1, 0.15) is 17.3 Å². The third kappa shape index (κ3) is 7.87. The van der Waals surface area contributed by atoms with Gasteiger partial charge in [-0.25, -0.2) is 4.98 Å². The van der Waals surface area contributed by atoms with E-state index in [1.165, 1.54) is 12.2 Å². The highest BCUT2D eigenvalue weighted by Gasteiger charge is 2.33. The number of allylic oxidation sites excluding steroid dienone is 7. The minimum Gasteiger partial charge on any atom is -0.459 e. The molecule has 1 aromatic heterocycles. The summed E-state index contributed by atoms with van der Waals surface area (Å²) in [6.07, 6.45) is 6.15. The topological polar surface area (TPSA) is 34.1 Å². The number of pyridine rings is 1. The predicted octanol–water partition coefficient (Wildman–Crippen LogP) is 9.16. The first-order valence-electron chi connectivity index (χ1n) is 12.4. The van der Waals surface area contributed by atoms with Crippen molar-refractivity contribution < 1.29 is 17.9 Å². The molecule has 1 unspecified atom stereocenters. The van der Waals surface area contributed by atoms with Crippen molar-refractivity contribution in [3.8, 4) is 0 Å². The summed E-state index contributed by atoms with van der Waals surface area (Å²) in [4.78, 5) is 4.56. The van der Waals surface area contributed by atoms with Gasteiger partial charge < -0.3 is 10.1 Å². The first kappa shape index (κ1) is 28.5. The number of anilines is 1. The van der Waals surface area contributed by atoms with E-state index in [4.69, 9.17) is 4.74 Å². The number of hydrogen-bond donors (Lipinski definition) is 1. The standard InChI is InChI=1S/C29H39F3N2O/c1-8-12-22(18-23(13-9-2)29(30,31)32)26(20(5)6)35-27-21(7)14-10-16-25(27)34-28-24(19(3)4)15-11-17-33-28/h8,11-13,15,17-19,25H,9-10,14,16H2,1-7H3,(H,33,34)/b12-8-,22-18+,23-13-. The second-order valence-corrected chi connectivity index (χ2v) is 9.43. The van der Waals surface area contributed by atoms with Crippen LogP contribution in [0.15, 0.2) is 76.4 Å². The van der Waals surface area contributed by atoms with Gasteiger partial charge in [-0.2, -0.15) is 13.2 Å². The Labute approximate surface area is 208 Å². The van der Waals surface area contributed by atoms with Crippen LogP contribution in [0.4, 0.5) is 19.0 Å². The lowest BCUT2D eigenvalue weighted by Crippen LogP contribution is -2.29. The minimum absolute atomic E-state index is 0.120. The molecule has 1 aliphatic carbocycles. The molecule has 0 aromatic carbocycles. The van der Waals surface area contributed by atoms with Crippen molar-refractivity contribution in [1.29, 1.82) is 0 Å². The van der Waals surface area contributed by atoms with E-state index in [0.29, 0.717) is 17.3 Å². The van der Waals surface area contributed by atoms with Crippen LogP contribution in [0.5, 0.6) is 0 Å². The number of ether oxygens (including phenoxy) is 1. The van der Waals surface area contributed by atoms with Crippen LogP contribution in [0, 0.1) is 0 Å². The maximum absolute atomic E-state index is 13.7. The van der Waals surface area contributed by atoms with Gasteiger partial charge >= 0.3 is 6.18 Å². The zero-order chi connectivity index (χ0) is 26.2. The highest BCUT2D eigenvalue weighted by molar-refractivity contribution is 5.49. The van der Waals surface area contributed by atoms with Crippen LogP contribution in [0.25, 0.3) is 0 Å². The fourth-order valence-corrected chi connectivity index (χ4v) is 4.16. The molecule has 35 heavy (non-hydrogen) atoms. The van der Waals surface area contributed by atoms with Crippen molar-refractivity contribution >= 4 is 5.82 Å².